The van der Waals surface area contributed by atoms with Crippen molar-refractivity contribution in [2.24, 2.45) is 0 Å². The second-order valence-corrected chi connectivity index (χ2v) is 4.16. The predicted octanol–water partition coefficient (Wildman–Crippen LogP) is 3.76. The second-order valence-electron chi connectivity index (χ2n) is 3.78. The van der Waals surface area contributed by atoms with Crippen LogP contribution in [0.1, 0.15) is 32.3 Å². The van der Waals surface area contributed by atoms with Crippen LogP contribution in [0.25, 0.3) is 0 Å². The first-order valence-electron chi connectivity index (χ1n) is 5.31. The summed E-state index contributed by atoms with van der Waals surface area (Å²) in [5.74, 6) is -0.348. The predicted molar refractivity (Wildman–Crippen MR) is 62.6 cm³/mol. The van der Waals surface area contributed by atoms with Crippen molar-refractivity contribution >= 4 is 11.6 Å². The van der Waals surface area contributed by atoms with Gasteiger partial charge < -0.3 is 5.32 Å². The average molecular weight is 230 g/mol. The fraction of sp³-hybridized carbons (Fsp3) is 0.500. The minimum absolute atomic E-state index is 0.230. The summed E-state index contributed by atoms with van der Waals surface area (Å²) in [5, 5.41) is 3.55. The van der Waals surface area contributed by atoms with E-state index in [0.717, 1.165) is 18.4 Å². The Morgan fingerprint density at radius 3 is 2.87 bits per heavy atom. The van der Waals surface area contributed by atoms with E-state index in [0.29, 0.717) is 12.6 Å². The molecule has 0 aromatic heterocycles. The highest BCUT2D eigenvalue weighted by Crippen LogP contribution is 2.19. The first-order chi connectivity index (χ1) is 7.15. The van der Waals surface area contributed by atoms with Gasteiger partial charge in [-0.05, 0) is 25.0 Å². The van der Waals surface area contributed by atoms with Gasteiger partial charge in [-0.3, -0.25) is 0 Å². The molecule has 1 atom stereocenters. The van der Waals surface area contributed by atoms with Gasteiger partial charge in [-0.2, -0.15) is 0 Å². The zero-order valence-electron chi connectivity index (χ0n) is 9.19. The zero-order chi connectivity index (χ0) is 11.3. The molecule has 0 spiro atoms. The summed E-state index contributed by atoms with van der Waals surface area (Å²) < 4.78 is 13.1. The topological polar surface area (TPSA) is 12.0 Å². The standard InChI is InChI=1S/C12H17ClFN/c1-3-5-9(2)15-8-10-6-4-7-11(14)12(10)13/h4,6-7,9,15H,3,5,8H2,1-2H3. The molecule has 0 saturated heterocycles. The highest BCUT2D eigenvalue weighted by Gasteiger charge is 2.06. The van der Waals surface area contributed by atoms with Gasteiger partial charge in [-0.1, -0.05) is 37.1 Å². The van der Waals surface area contributed by atoms with Gasteiger partial charge in [-0.15, -0.1) is 0 Å². The van der Waals surface area contributed by atoms with E-state index >= 15 is 0 Å². The minimum atomic E-state index is -0.348. The number of halogens is 2. The van der Waals surface area contributed by atoms with Crippen LogP contribution in [0.4, 0.5) is 4.39 Å². The maximum Gasteiger partial charge on any atom is 0.142 e. The Morgan fingerprint density at radius 2 is 2.20 bits per heavy atom. The number of nitrogens with one attached hydrogen (secondary N) is 1. The first kappa shape index (κ1) is 12.5. The van der Waals surface area contributed by atoms with E-state index in [2.05, 4.69) is 19.2 Å². The van der Waals surface area contributed by atoms with Crippen LogP contribution < -0.4 is 5.32 Å². The molecule has 3 heteroatoms. The van der Waals surface area contributed by atoms with E-state index in [4.69, 9.17) is 11.6 Å². The second kappa shape index (κ2) is 6.09. The highest BCUT2D eigenvalue weighted by molar-refractivity contribution is 6.31. The third-order valence-corrected chi connectivity index (χ3v) is 2.82. The average Bonchev–Trinajstić information content (AvgIpc) is 2.21. The van der Waals surface area contributed by atoms with Crippen molar-refractivity contribution < 1.29 is 4.39 Å². The van der Waals surface area contributed by atoms with Crippen LogP contribution in [-0.2, 0) is 6.54 Å². The molecule has 0 aliphatic carbocycles. The smallest absolute Gasteiger partial charge is 0.142 e. The third kappa shape index (κ3) is 3.80. The van der Waals surface area contributed by atoms with Gasteiger partial charge in [0.2, 0.25) is 0 Å². The zero-order valence-corrected chi connectivity index (χ0v) is 9.94. The van der Waals surface area contributed by atoms with Gasteiger partial charge in [0.05, 0.1) is 5.02 Å². The lowest BCUT2D eigenvalue weighted by Gasteiger charge is -2.13. The summed E-state index contributed by atoms with van der Waals surface area (Å²) in [6.45, 7) is 4.89. The molecular weight excluding hydrogens is 213 g/mol. The van der Waals surface area contributed by atoms with Crippen molar-refractivity contribution in [3.8, 4) is 0 Å². The quantitative estimate of drug-likeness (QED) is 0.811. The molecule has 0 aliphatic rings. The molecule has 0 amide bonds. The molecular formula is C12H17ClFN. The summed E-state index contributed by atoms with van der Waals surface area (Å²) in [4.78, 5) is 0. The van der Waals surface area contributed by atoms with E-state index in [1.54, 1.807) is 6.07 Å². The summed E-state index contributed by atoms with van der Waals surface area (Å²) >= 11 is 5.84. The van der Waals surface area contributed by atoms with Crippen molar-refractivity contribution in [1.82, 2.24) is 5.32 Å². The van der Waals surface area contributed by atoms with Crippen molar-refractivity contribution in [1.29, 1.82) is 0 Å². The van der Waals surface area contributed by atoms with E-state index in [1.165, 1.54) is 6.07 Å². The Labute approximate surface area is 95.6 Å². The van der Waals surface area contributed by atoms with E-state index in [1.807, 2.05) is 6.07 Å². The van der Waals surface area contributed by atoms with Gasteiger partial charge >= 0.3 is 0 Å². The van der Waals surface area contributed by atoms with Crippen LogP contribution >= 0.6 is 11.6 Å². The molecule has 1 rings (SSSR count). The van der Waals surface area contributed by atoms with Crippen LogP contribution in [-0.4, -0.2) is 6.04 Å². The van der Waals surface area contributed by atoms with Gasteiger partial charge in [0.25, 0.3) is 0 Å². The molecule has 1 aromatic rings. The molecule has 0 saturated carbocycles. The van der Waals surface area contributed by atoms with Crippen LogP contribution in [0.5, 0.6) is 0 Å². The van der Waals surface area contributed by atoms with Crippen LogP contribution in [0.2, 0.25) is 5.02 Å². The highest BCUT2D eigenvalue weighted by atomic mass is 35.5. The van der Waals surface area contributed by atoms with Crippen molar-refractivity contribution in [3.05, 3.63) is 34.6 Å². The first-order valence-corrected chi connectivity index (χ1v) is 5.69. The lowest BCUT2D eigenvalue weighted by molar-refractivity contribution is 0.507. The van der Waals surface area contributed by atoms with Gasteiger partial charge in [0.15, 0.2) is 0 Å². The van der Waals surface area contributed by atoms with E-state index in [9.17, 15) is 4.39 Å². The van der Waals surface area contributed by atoms with Crippen LogP contribution in [0.15, 0.2) is 18.2 Å². The van der Waals surface area contributed by atoms with E-state index in [-0.39, 0.29) is 10.8 Å². The fourth-order valence-electron chi connectivity index (χ4n) is 1.50. The van der Waals surface area contributed by atoms with Crippen LogP contribution in [0.3, 0.4) is 0 Å². The SMILES string of the molecule is CCCC(C)NCc1cccc(F)c1Cl. The largest absolute Gasteiger partial charge is 0.310 e. The molecule has 0 fully saturated rings. The molecule has 15 heavy (non-hydrogen) atoms. The molecule has 0 heterocycles. The number of benzene rings is 1. The fourth-order valence-corrected chi connectivity index (χ4v) is 1.70. The third-order valence-electron chi connectivity index (χ3n) is 2.39. The molecule has 1 unspecified atom stereocenters. The monoisotopic (exact) mass is 229 g/mol. The lowest BCUT2D eigenvalue weighted by Crippen LogP contribution is -2.25. The Balaban J connectivity index is 2.54. The molecule has 1 nitrogen and oxygen atoms in total. The van der Waals surface area contributed by atoms with Crippen molar-refractivity contribution in [2.45, 2.75) is 39.3 Å². The summed E-state index contributed by atoms with van der Waals surface area (Å²) in [5.41, 5.74) is 0.819. The summed E-state index contributed by atoms with van der Waals surface area (Å²) in [6, 6.07) is 5.34. The molecule has 0 aliphatic heterocycles. The van der Waals surface area contributed by atoms with Gasteiger partial charge in [-0.25, -0.2) is 4.39 Å². The molecule has 0 bridgehead atoms. The Bertz CT molecular complexity index is 314. The number of hydrogen-bond acceptors (Lipinski definition) is 1. The minimum Gasteiger partial charge on any atom is -0.310 e. The number of rotatable bonds is 5. The van der Waals surface area contributed by atoms with E-state index < -0.39 is 0 Å². The lowest BCUT2D eigenvalue weighted by atomic mass is 10.1. The molecule has 1 N–H and O–H groups in total. The Hall–Kier alpha value is -0.600. The Kier molecular flexibility index (Phi) is 5.06. The normalized spacial score (nSPS) is 12.8. The van der Waals surface area contributed by atoms with Gasteiger partial charge in [0.1, 0.15) is 5.82 Å². The van der Waals surface area contributed by atoms with Crippen molar-refractivity contribution in [2.75, 3.05) is 0 Å². The number of hydrogen-bond donors (Lipinski definition) is 1. The Morgan fingerprint density at radius 1 is 1.47 bits per heavy atom. The maximum atomic E-state index is 13.1. The summed E-state index contributed by atoms with van der Waals surface area (Å²) in [6.07, 6.45) is 2.26. The molecule has 1 aromatic carbocycles. The molecule has 84 valence electrons. The van der Waals surface area contributed by atoms with Crippen molar-refractivity contribution in [3.63, 3.8) is 0 Å². The van der Waals surface area contributed by atoms with Gasteiger partial charge in [0, 0.05) is 12.6 Å². The maximum absolute atomic E-state index is 13.1. The molecule has 0 radical (unpaired) electrons. The van der Waals surface area contributed by atoms with Crippen LogP contribution in [0, 0.1) is 5.82 Å². The summed E-state index contributed by atoms with van der Waals surface area (Å²) in [7, 11) is 0.